The molecule has 0 unspecified atom stereocenters. The Morgan fingerprint density at radius 1 is 0.653 bits per heavy atom. The van der Waals surface area contributed by atoms with Crippen LogP contribution >= 0.6 is 0 Å². The minimum absolute atomic E-state index is 0.0608. The van der Waals surface area contributed by atoms with Crippen LogP contribution in [0.1, 0.15) is 33.4 Å². The topological polar surface area (TPSA) is 44.9 Å². The maximum atomic E-state index is 14.3. The number of rotatable bonds is 5. The lowest BCUT2D eigenvalue weighted by Gasteiger charge is -2.24. The number of para-hydroxylation sites is 1. The van der Waals surface area contributed by atoms with Crippen molar-refractivity contribution in [1.82, 2.24) is 19.3 Å². The SMILES string of the molecule is Cc1ccnc(-n2c3ccccc3c3ccc(Oc4cccc(-n5cc(-c6c(C(F)(F)F)c(C)c(C)c(C)c6C(F)(F)F)cn5)c4)cc32)c1. The molecule has 0 saturated carbocycles. The zero-order chi connectivity index (χ0) is 34.8. The third-order valence-corrected chi connectivity index (χ3v) is 8.91. The highest BCUT2D eigenvalue weighted by Gasteiger charge is 2.44. The molecule has 0 fully saturated rings. The van der Waals surface area contributed by atoms with Gasteiger partial charge in [-0.25, -0.2) is 9.67 Å². The Morgan fingerprint density at radius 2 is 1.33 bits per heavy atom. The predicted octanol–water partition coefficient (Wildman–Crippen LogP) is 11.1. The maximum absolute atomic E-state index is 14.3. The summed E-state index contributed by atoms with van der Waals surface area (Å²) in [5, 5.41) is 6.22. The molecule has 0 aliphatic heterocycles. The molecule has 0 atom stereocenters. The molecule has 0 saturated heterocycles. The van der Waals surface area contributed by atoms with E-state index in [1.54, 1.807) is 30.5 Å². The molecule has 49 heavy (non-hydrogen) atoms. The molecule has 5 nitrogen and oxygen atoms in total. The van der Waals surface area contributed by atoms with Gasteiger partial charge in [0.1, 0.15) is 17.3 Å². The van der Waals surface area contributed by atoms with E-state index in [-0.39, 0.29) is 22.3 Å². The van der Waals surface area contributed by atoms with Crippen LogP contribution in [0.3, 0.4) is 0 Å². The van der Waals surface area contributed by atoms with Crippen molar-refractivity contribution >= 4 is 21.8 Å². The molecular weight excluding hydrogens is 642 g/mol. The van der Waals surface area contributed by atoms with Gasteiger partial charge in [0.25, 0.3) is 0 Å². The summed E-state index contributed by atoms with van der Waals surface area (Å²) in [4.78, 5) is 4.60. The number of halogens is 6. The van der Waals surface area contributed by atoms with Gasteiger partial charge in [-0.1, -0.05) is 24.3 Å². The molecule has 248 valence electrons. The fourth-order valence-corrected chi connectivity index (χ4v) is 6.48. The molecule has 0 aliphatic carbocycles. The molecule has 0 N–H and O–H groups in total. The third-order valence-electron chi connectivity index (χ3n) is 8.91. The van der Waals surface area contributed by atoms with Gasteiger partial charge in [-0.2, -0.15) is 31.4 Å². The van der Waals surface area contributed by atoms with Crippen LogP contribution in [0.25, 0.3) is 44.4 Å². The average molecular weight is 671 g/mol. The minimum Gasteiger partial charge on any atom is -0.457 e. The van der Waals surface area contributed by atoms with Crippen molar-refractivity contribution in [3.8, 4) is 34.1 Å². The van der Waals surface area contributed by atoms with E-state index < -0.39 is 29.0 Å². The van der Waals surface area contributed by atoms with Gasteiger partial charge in [0, 0.05) is 46.4 Å². The Labute approximate surface area is 277 Å². The van der Waals surface area contributed by atoms with Crippen LogP contribution in [0.2, 0.25) is 0 Å². The molecule has 3 aromatic heterocycles. The first-order chi connectivity index (χ1) is 23.2. The monoisotopic (exact) mass is 670 g/mol. The van der Waals surface area contributed by atoms with Gasteiger partial charge >= 0.3 is 12.4 Å². The Hall–Kier alpha value is -5.58. The second-order valence-corrected chi connectivity index (χ2v) is 12.0. The normalized spacial score (nSPS) is 12.3. The van der Waals surface area contributed by atoms with E-state index in [2.05, 4.69) is 14.6 Å². The number of aromatic nitrogens is 4. The quantitative estimate of drug-likeness (QED) is 0.171. The fourth-order valence-electron chi connectivity index (χ4n) is 6.48. The predicted molar refractivity (Wildman–Crippen MR) is 177 cm³/mol. The smallest absolute Gasteiger partial charge is 0.417 e. The highest BCUT2D eigenvalue weighted by atomic mass is 19.4. The Bertz CT molecular complexity index is 2360. The van der Waals surface area contributed by atoms with Crippen molar-refractivity contribution in [3.05, 3.63) is 131 Å². The summed E-state index contributed by atoms with van der Waals surface area (Å²) in [5.74, 6) is 1.65. The molecule has 0 amide bonds. The average Bonchev–Trinajstić information content (AvgIpc) is 3.66. The standard InChI is InChI=1S/C38H28F6N4O/c1-21-14-15-45-33(16-21)48-31-11-6-5-10-29(31)30-13-12-28(18-32(30)48)49-27-9-7-8-26(17-27)47-20-25(19-46-47)34-35(37(39,40)41)23(3)22(2)24(4)36(34)38(42,43)44/h5-20H,1-4H3. The zero-order valence-corrected chi connectivity index (χ0v) is 26.7. The summed E-state index contributed by atoms with van der Waals surface area (Å²) in [6.07, 6.45) is -6.11. The maximum Gasteiger partial charge on any atom is 0.417 e. The summed E-state index contributed by atoms with van der Waals surface area (Å²) in [7, 11) is 0. The number of alkyl halides is 6. The van der Waals surface area contributed by atoms with Gasteiger partial charge in [0.05, 0.1) is 34.0 Å². The number of hydrogen-bond acceptors (Lipinski definition) is 3. The molecule has 0 bridgehead atoms. The first-order valence-electron chi connectivity index (χ1n) is 15.3. The van der Waals surface area contributed by atoms with Crippen LogP contribution in [0.15, 0.2) is 97.5 Å². The molecule has 0 aliphatic rings. The van der Waals surface area contributed by atoms with Crippen LogP contribution in [0.5, 0.6) is 11.5 Å². The first-order valence-corrected chi connectivity index (χ1v) is 15.3. The highest BCUT2D eigenvalue weighted by molar-refractivity contribution is 6.09. The number of nitrogens with zero attached hydrogens (tertiary/aromatic N) is 4. The van der Waals surface area contributed by atoms with E-state index in [0.29, 0.717) is 17.2 Å². The molecule has 0 spiro atoms. The summed E-state index contributed by atoms with van der Waals surface area (Å²) < 4.78 is 95.6. The second-order valence-electron chi connectivity index (χ2n) is 12.0. The van der Waals surface area contributed by atoms with Crippen LogP contribution in [-0.2, 0) is 12.4 Å². The lowest BCUT2D eigenvalue weighted by Crippen LogP contribution is -2.19. The summed E-state index contributed by atoms with van der Waals surface area (Å²) in [6, 6.07) is 24.2. The Morgan fingerprint density at radius 3 is 2.02 bits per heavy atom. The molecule has 4 aromatic carbocycles. The van der Waals surface area contributed by atoms with Gasteiger partial charge in [-0.05, 0) is 92.4 Å². The van der Waals surface area contributed by atoms with Gasteiger partial charge in [-0.3, -0.25) is 4.57 Å². The van der Waals surface area contributed by atoms with Crippen LogP contribution in [0, 0.1) is 27.7 Å². The van der Waals surface area contributed by atoms with Crippen LogP contribution in [-0.4, -0.2) is 19.3 Å². The molecular formula is C38H28F6N4O. The van der Waals surface area contributed by atoms with Crippen molar-refractivity contribution < 1.29 is 31.1 Å². The summed E-state index contributed by atoms with van der Waals surface area (Å²) in [6.45, 7) is 5.64. The number of fused-ring (bicyclic) bond motifs is 3. The van der Waals surface area contributed by atoms with E-state index in [1.165, 1.54) is 31.6 Å². The fraction of sp³-hybridized carbons (Fsp3) is 0.158. The van der Waals surface area contributed by atoms with Crippen LogP contribution < -0.4 is 4.74 Å². The van der Waals surface area contributed by atoms with E-state index in [9.17, 15) is 26.3 Å². The number of hydrogen-bond donors (Lipinski definition) is 0. The zero-order valence-electron chi connectivity index (χ0n) is 26.7. The van der Waals surface area contributed by atoms with Gasteiger partial charge in [-0.15, -0.1) is 0 Å². The van der Waals surface area contributed by atoms with Crippen molar-refractivity contribution in [3.63, 3.8) is 0 Å². The minimum atomic E-state index is -5.03. The number of ether oxygens (including phenoxy) is 1. The Balaban J connectivity index is 1.29. The molecule has 3 heterocycles. The number of pyridine rings is 1. The largest absolute Gasteiger partial charge is 0.457 e. The summed E-state index contributed by atoms with van der Waals surface area (Å²) in [5.41, 5.74) is -1.19. The van der Waals surface area contributed by atoms with Gasteiger partial charge < -0.3 is 4.74 Å². The molecule has 11 heteroatoms. The van der Waals surface area contributed by atoms with E-state index >= 15 is 0 Å². The second kappa shape index (κ2) is 11.5. The van der Waals surface area contributed by atoms with Crippen molar-refractivity contribution in [2.45, 2.75) is 40.0 Å². The highest BCUT2D eigenvalue weighted by Crippen LogP contribution is 2.49. The van der Waals surface area contributed by atoms with E-state index in [0.717, 1.165) is 39.4 Å². The first kappa shape index (κ1) is 32.0. The molecule has 7 aromatic rings. The molecule has 7 rings (SSSR count). The third kappa shape index (κ3) is 5.58. The lowest BCUT2D eigenvalue weighted by atomic mass is 9.85. The van der Waals surface area contributed by atoms with Crippen molar-refractivity contribution in [2.24, 2.45) is 0 Å². The van der Waals surface area contributed by atoms with Crippen LogP contribution in [0.4, 0.5) is 26.3 Å². The van der Waals surface area contributed by atoms with E-state index in [4.69, 9.17) is 4.74 Å². The Kier molecular flexibility index (Phi) is 7.53. The summed E-state index contributed by atoms with van der Waals surface area (Å²) >= 11 is 0. The van der Waals surface area contributed by atoms with Crippen molar-refractivity contribution in [2.75, 3.05) is 0 Å². The van der Waals surface area contributed by atoms with E-state index in [1.807, 2.05) is 61.5 Å². The van der Waals surface area contributed by atoms with Gasteiger partial charge in [0.15, 0.2) is 0 Å². The van der Waals surface area contributed by atoms with Crippen molar-refractivity contribution in [1.29, 1.82) is 0 Å². The number of benzene rings is 4. The lowest BCUT2D eigenvalue weighted by molar-refractivity contribution is -0.142. The number of aryl methyl sites for hydroxylation is 1. The van der Waals surface area contributed by atoms with Gasteiger partial charge in [0.2, 0.25) is 0 Å². The molecule has 0 radical (unpaired) electrons.